The van der Waals surface area contributed by atoms with E-state index in [0.717, 1.165) is 0 Å². The van der Waals surface area contributed by atoms with Gasteiger partial charge in [-0.1, -0.05) is 6.07 Å². The van der Waals surface area contributed by atoms with Gasteiger partial charge in [0.1, 0.15) is 25.1 Å². The fraction of sp³-hybridized carbons (Fsp3) is 0.294. The molecule has 1 amide bonds. The van der Waals surface area contributed by atoms with Gasteiger partial charge in [0.2, 0.25) is 0 Å². The number of aromatic nitrogens is 1. The minimum atomic E-state index is -0.214. The number of hydrogen-bond acceptors (Lipinski definition) is 5. The van der Waals surface area contributed by atoms with Gasteiger partial charge in [0.25, 0.3) is 5.91 Å². The van der Waals surface area contributed by atoms with Crippen molar-refractivity contribution in [3.63, 3.8) is 0 Å². The van der Waals surface area contributed by atoms with Crippen LogP contribution in [-0.4, -0.2) is 36.8 Å². The zero-order valence-corrected chi connectivity index (χ0v) is 12.8. The van der Waals surface area contributed by atoms with Crippen LogP contribution in [0.1, 0.15) is 17.3 Å². The molecule has 6 nitrogen and oxygen atoms in total. The Morgan fingerprint density at radius 2 is 2.17 bits per heavy atom. The number of benzene rings is 1. The van der Waals surface area contributed by atoms with E-state index in [2.05, 4.69) is 10.3 Å². The van der Waals surface area contributed by atoms with Crippen molar-refractivity contribution in [2.24, 2.45) is 0 Å². The molecule has 0 spiro atoms. The van der Waals surface area contributed by atoms with Crippen molar-refractivity contribution in [1.82, 2.24) is 10.3 Å². The molecule has 1 atom stereocenters. The van der Waals surface area contributed by atoms with Crippen molar-refractivity contribution < 1.29 is 19.0 Å². The normalized spacial score (nSPS) is 14.0. The second-order valence-corrected chi connectivity index (χ2v) is 5.16. The highest BCUT2D eigenvalue weighted by molar-refractivity contribution is 5.97. The monoisotopic (exact) mass is 314 g/mol. The number of carbonyl (C=O) groups excluding carboxylic acids is 1. The Kier molecular flexibility index (Phi) is 4.61. The van der Waals surface area contributed by atoms with E-state index >= 15 is 0 Å². The summed E-state index contributed by atoms with van der Waals surface area (Å²) < 4.78 is 16.7. The van der Waals surface area contributed by atoms with Crippen LogP contribution in [0.25, 0.3) is 0 Å². The van der Waals surface area contributed by atoms with Crippen LogP contribution in [0, 0.1) is 0 Å². The third kappa shape index (κ3) is 3.71. The van der Waals surface area contributed by atoms with E-state index in [4.69, 9.17) is 14.2 Å². The smallest absolute Gasteiger partial charge is 0.255 e. The van der Waals surface area contributed by atoms with Gasteiger partial charge in [0.05, 0.1) is 18.3 Å². The molecule has 1 N–H and O–H groups in total. The summed E-state index contributed by atoms with van der Waals surface area (Å²) in [4.78, 5) is 16.3. The van der Waals surface area contributed by atoms with E-state index in [-0.39, 0.29) is 12.0 Å². The molecule has 2 heterocycles. The highest BCUT2D eigenvalue weighted by Gasteiger charge is 2.20. The van der Waals surface area contributed by atoms with E-state index < -0.39 is 0 Å². The number of carbonyl (C=O) groups is 1. The summed E-state index contributed by atoms with van der Waals surface area (Å²) in [6.45, 7) is 3.19. The fourth-order valence-electron chi connectivity index (χ4n) is 2.27. The van der Waals surface area contributed by atoms with Crippen molar-refractivity contribution in [1.29, 1.82) is 0 Å². The molecule has 0 radical (unpaired) electrons. The molecule has 0 aliphatic carbocycles. The molecule has 2 aromatic rings. The number of ether oxygens (including phenoxy) is 3. The van der Waals surface area contributed by atoms with Gasteiger partial charge < -0.3 is 19.5 Å². The predicted octanol–water partition coefficient (Wildman–Crippen LogP) is 2.05. The number of para-hydroxylation sites is 1. The molecule has 0 unspecified atom stereocenters. The van der Waals surface area contributed by atoms with E-state index in [9.17, 15) is 4.79 Å². The van der Waals surface area contributed by atoms with Crippen LogP contribution in [0.5, 0.6) is 17.2 Å². The van der Waals surface area contributed by atoms with Crippen LogP contribution < -0.4 is 19.5 Å². The zero-order valence-electron chi connectivity index (χ0n) is 12.8. The predicted molar refractivity (Wildman–Crippen MR) is 84.1 cm³/mol. The molecule has 0 saturated heterocycles. The van der Waals surface area contributed by atoms with Gasteiger partial charge in [0.15, 0.2) is 11.5 Å². The van der Waals surface area contributed by atoms with Gasteiger partial charge in [-0.05, 0) is 31.2 Å². The lowest BCUT2D eigenvalue weighted by Gasteiger charge is -2.21. The Bertz CT molecular complexity index is 676. The average molecular weight is 314 g/mol. The summed E-state index contributed by atoms with van der Waals surface area (Å²) in [5, 5.41) is 2.85. The number of pyridine rings is 1. The number of nitrogens with one attached hydrogen (secondary N) is 1. The van der Waals surface area contributed by atoms with Crippen molar-refractivity contribution in [3.8, 4) is 17.2 Å². The van der Waals surface area contributed by atoms with Gasteiger partial charge >= 0.3 is 0 Å². The second-order valence-electron chi connectivity index (χ2n) is 5.16. The second kappa shape index (κ2) is 7.00. The Labute approximate surface area is 134 Å². The van der Waals surface area contributed by atoms with Crippen LogP contribution in [-0.2, 0) is 0 Å². The van der Waals surface area contributed by atoms with Crippen LogP contribution in [0.15, 0.2) is 42.7 Å². The standard InChI is InChI=1S/C17H18N2O4/c1-12(23-13-4-3-7-18-11-13)10-19-17(20)14-5-2-6-15-16(14)22-9-8-21-15/h2-7,11-12H,8-10H2,1H3,(H,19,20)/t12-/m1/s1. The number of amides is 1. The first-order valence-electron chi connectivity index (χ1n) is 7.47. The largest absolute Gasteiger partial charge is 0.487 e. The van der Waals surface area contributed by atoms with E-state index in [1.807, 2.05) is 13.0 Å². The number of fused-ring (bicyclic) bond motifs is 1. The summed E-state index contributed by atoms with van der Waals surface area (Å²) in [5.74, 6) is 1.55. The average Bonchev–Trinajstić information content (AvgIpc) is 2.60. The summed E-state index contributed by atoms with van der Waals surface area (Å²) in [5.41, 5.74) is 0.468. The first kappa shape index (κ1) is 15.1. The van der Waals surface area contributed by atoms with Crippen LogP contribution >= 0.6 is 0 Å². The lowest BCUT2D eigenvalue weighted by Crippen LogP contribution is -2.34. The van der Waals surface area contributed by atoms with Crippen LogP contribution in [0.4, 0.5) is 0 Å². The molecule has 1 aliphatic heterocycles. The van der Waals surface area contributed by atoms with Crippen molar-refractivity contribution in [3.05, 3.63) is 48.3 Å². The number of rotatable bonds is 5. The number of hydrogen-bond donors (Lipinski definition) is 1. The third-order valence-electron chi connectivity index (χ3n) is 3.33. The Morgan fingerprint density at radius 3 is 3.00 bits per heavy atom. The molecule has 120 valence electrons. The quantitative estimate of drug-likeness (QED) is 0.914. The first-order valence-corrected chi connectivity index (χ1v) is 7.47. The molecule has 3 rings (SSSR count). The van der Waals surface area contributed by atoms with E-state index in [1.165, 1.54) is 0 Å². The number of nitrogens with zero attached hydrogens (tertiary/aromatic N) is 1. The topological polar surface area (TPSA) is 69.7 Å². The molecule has 0 fully saturated rings. The van der Waals surface area contributed by atoms with Gasteiger partial charge in [-0.25, -0.2) is 0 Å². The van der Waals surface area contributed by atoms with E-state index in [1.54, 1.807) is 36.7 Å². The maximum absolute atomic E-state index is 12.4. The minimum Gasteiger partial charge on any atom is -0.487 e. The highest BCUT2D eigenvalue weighted by atomic mass is 16.6. The van der Waals surface area contributed by atoms with Gasteiger partial charge in [-0.2, -0.15) is 0 Å². The third-order valence-corrected chi connectivity index (χ3v) is 3.33. The van der Waals surface area contributed by atoms with E-state index in [0.29, 0.717) is 42.6 Å². The Hall–Kier alpha value is -2.76. The molecule has 6 heteroatoms. The van der Waals surface area contributed by atoms with Gasteiger partial charge in [0, 0.05) is 6.20 Å². The molecule has 23 heavy (non-hydrogen) atoms. The van der Waals surface area contributed by atoms with Crippen molar-refractivity contribution in [2.45, 2.75) is 13.0 Å². The SMILES string of the molecule is C[C@H](CNC(=O)c1cccc2c1OCCO2)Oc1cccnc1. The Balaban J connectivity index is 1.59. The molecule has 0 saturated carbocycles. The summed E-state index contributed by atoms with van der Waals surface area (Å²) >= 11 is 0. The highest BCUT2D eigenvalue weighted by Crippen LogP contribution is 2.33. The zero-order chi connectivity index (χ0) is 16.1. The van der Waals surface area contributed by atoms with Crippen molar-refractivity contribution >= 4 is 5.91 Å². The molecular weight excluding hydrogens is 296 g/mol. The van der Waals surface area contributed by atoms with Crippen LogP contribution in [0.3, 0.4) is 0 Å². The fourth-order valence-corrected chi connectivity index (χ4v) is 2.27. The maximum Gasteiger partial charge on any atom is 0.255 e. The molecule has 1 aromatic heterocycles. The lowest BCUT2D eigenvalue weighted by atomic mass is 10.1. The van der Waals surface area contributed by atoms with Gasteiger partial charge in [-0.15, -0.1) is 0 Å². The Morgan fingerprint density at radius 1 is 1.30 bits per heavy atom. The summed E-state index contributed by atoms with van der Waals surface area (Å²) in [6.07, 6.45) is 3.14. The molecule has 1 aromatic carbocycles. The summed E-state index contributed by atoms with van der Waals surface area (Å²) in [7, 11) is 0. The maximum atomic E-state index is 12.4. The van der Waals surface area contributed by atoms with Crippen molar-refractivity contribution in [2.75, 3.05) is 19.8 Å². The van der Waals surface area contributed by atoms with Gasteiger partial charge in [-0.3, -0.25) is 9.78 Å². The first-order chi connectivity index (χ1) is 11.2. The molecule has 0 bridgehead atoms. The molecule has 1 aliphatic rings. The summed E-state index contributed by atoms with van der Waals surface area (Å²) in [6, 6.07) is 8.91. The minimum absolute atomic E-state index is 0.181. The van der Waals surface area contributed by atoms with Crippen LogP contribution in [0.2, 0.25) is 0 Å². The molecular formula is C17H18N2O4. The lowest BCUT2D eigenvalue weighted by molar-refractivity contribution is 0.0921.